The third kappa shape index (κ3) is 13.2. The molecule has 1 saturated carbocycles. The summed E-state index contributed by atoms with van der Waals surface area (Å²) < 4.78 is 0. The van der Waals surface area contributed by atoms with Gasteiger partial charge in [-0.3, -0.25) is 0 Å². The smallest absolute Gasteiger partial charge is 0.668 e. The van der Waals surface area contributed by atoms with Crippen LogP contribution in [0.4, 0.5) is 0 Å². The number of hydrogen-bond acceptors (Lipinski definition) is 1. The number of amides is 1. The van der Waals surface area contributed by atoms with Crippen molar-refractivity contribution in [3.05, 3.63) is 138 Å². The van der Waals surface area contributed by atoms with E-state index in [1.54, 1.807) is 0 Å². The zero-order chi connectivity index (χ0) is 26.6. The summed E-state index contributed by atoms with van der Waals surface area (Å²) in [5.74, 6) is -0.270. The average Bonchev–Trinajstić information content (AvgIpc) is 3.36. The van der Waals surface area contributed by atoms with E-state index in [0.29, 0.717) is 0 Å². The summed E-state index contributed by atoms with van der Waals surface area (Å²) in [6.45, 7) is 4.42. The Balaban J connectivity index is 0.000000255. The molecule has 0 aromatic heterocycles. The van der Waals surface area contributed by atoms with Crippen LogP contribution in [-0.4, -0.2) is 15.4 Å². The molecule has 4 aromatic rings. The monoisotopic (exact) mass is 552 g/mol. The second-order valence-electron chi connectivity index (χ2n) is 8.83. The van der Waals surface area contributed by atoms with Gasteiger partial charge in [0, 0.05) is 15.4 Å². The molecular formula is C34H38NOSiTi. The van der Waals surface area contributed by atoms with E-state index in [1.807, 2.05) is 66.7 Å². The molecule has 0 saturated heterocycles. The van der Waals surface area contributed by atoms with Crippen molar-refractivity contribution < 1.29 is 26.5 Å². The Hall–Kier alpha value is -2.72. The van der Waals surface area contributed by atoms with Crippen LogP contribution in [0.5, 0.6) is 0 Å². The maximum Gasteiger partial charge on any atom is 4.00 e. The molecule has 2 aliphatic rings. The van der Waals surface area contributed by atoms with E-state index in [2.05, 4.69) is 67.7 Å². The van der Waals surface area contributed by atoms with Crippen LogP contribution >= 0.6 is 0 Å². The molecule has 2 nitrogen and oxygen atoms in total. The Morgan fingerprint density at radius 1 is 0.737 bits per heavy atom. The molecule has 0 unspecified atom stereocenters. The van der Waals surface area contributed by atoms with Crippen molar-refractivity contribution >= 4 is 15.4 Å². The van der Waals surface area contributed by atoms with Crippen LogP contribution in [0.1, 0.15) is 43.2 Å². The Morgan fingerprint density at radius 2 is 1.26 bits per heavy atom. The summed E-state index contributed by atoms with van der Waals surface area (Å²) in [5.41, 5.74) is 12.3. The number of benzene rings is 4. The molecule has 4 aromatic carbocycles. The largest absolute Gasteiger partial charge is 4.00 e. The van der Waals surface area contributed by atoms with Gasteiger partial charge in [-0.05, 0) is 19.3 Å². The van der Waals surface area contributed by atoms with E-state index in [4.69, 9.17) is 5.73 Å². The second-order valence-corrected chi connectivity index (χ2v) is 9.98. The first-order chi connectivity index (χ1) is 18.2. The van der Waals surface area contributed by atoms with E-state index in [0.717, 1.165) is 41.6 Å². The van der Waals surface area contributed by atoms with Crippen molar-refractivity contribution in [3.8, 4) is 11.1 Å². The predicted octanol–water partition coefficient (Wildman–Crippen LogP) is 8.69. The number of nitrogens with one attached hydrogen (secondary N) is 1. The van der Waals surface area contributed by atoms with Crippen molar-refractivity contribution in [2.45, 2.75) is 51.6 Å². The number of carbonyl (C=O) groups is 1. The topological polar surface area (TPSA) is 40.9 Å². The van der Waals surface area contributed by atoms with Gasteiger partial charge in [0.15, 0.2) is 0 Å². The standard InChI is InChI=1S/C13H9.C7H13NO.2C6H5.C2H7Si.Ti/c1-3-7-12-10(5-1)9-11-6-2-4-8-13(11)12;8-7(9)6-4-2-1-3-5-6;2*1-2-4-6-5-3-1;1-3-2;/h1-5,7-8H,9H2;6H,1-5H2,(H2,8,9);2*1-5H;3H,1-2H3;/q-1;;2*-1;;+4/p-1. The predicted molar refractivity (Wildman–Crippen MR) is 159 cm³/mol. The summed E-state index contributed by atoms with van der Waals surface area (Å²) in [6.07, 6.45) is 6.52. The fraction of sp³-hybridized carbons (Fsp3) is 0.265. The molecular weight excluding hydrogens is 514 g/mol. The second kappa shape index (κ2) is 21.2. The fourth-order valence-corrected chi connectivity index (χ4v) is 4.05. The third-order valence-electron chi connectivity index (χ3n) is 5.81. The van der Waals surface area contributed by atoms with Crippen molar-refractivity contribution in [2.75, 3.05) is 0 Å². The SMILES string of the molecule is C[SiH]C.[NH-]C(=O)C1CCCCC1.[Ti+4].[c-]1cccc2c1Cc1ccccc1-2.[c-]1ccccc1.[c-]1ccccc1. The average molecular weight is 553 g/mol. The van der Waals surface area contributed by atoms with Crippen molar-refractivity contribution in [2.24, 2.45) is 5.92 Å². The number of carbonyl (C=O) groups excluding carboxylic acids is 1. The Morgan fingerprint density at radius 3 is 1.71 bits per heavy atom. The molecule has 2 aliphatic carbocycles. The van der Waals surface area contributed by atoms with Gasteiger partial charge in [0.1, 0.15) is 0 Å². The molecule has 4 heteroatoms. The van der Waals surface area contributed by atoms with E-state index in [9.17, 15) is 4.79 Å². The van der Waals surface area contributed by atoms with Gasteiger partial charge in [0.25, 0.3) is 0 Å². The summed E-state index contributed by atoms with van der Waals surface area (Å²) in [7, 11) is 0.750. The third-order valence-corrected chi connectivity index (χ3v) is 5.81. The van der Waals surface area contributed by atoms with Gasteiger partial charge >= 0.3 is 21.7 Å². The molecule has 1 N–H and O–H groups in total. The number of hydrogen-bond donors (Lipinski definition) is 0. The van der Waals surface area contributed by atoms with E-state index in [-0.39, 0.29) is 33.5 Å². The molecule has 193 valence electrons. The summed E-state index contributed by atoms with van der Waals surface area (Å²) in [6, 6.07) is 43.1. The van der Waals surface area contributed by atoms with Gasteiger partial charge in [-0.15, -0.1) is 5.56 Å². The Kier molecular flexibility index (Phi) is 18.6. The molecule has 1 fully saturated rings. The first kappa shape index (κ1) is 33.3. The van der Waals surface area contributed by atoms with Crippen LogP contribution in [0.3, 0.4) is 0 Å². The van der Waals surface area contributed by atoms with Crippen molar-refractivity contribution in [1.82, 2.24) is 0 Å². The molecule has 0 heterocycles. The molecule has 1 radical (unpaired) electrons. The molecule has 0 atom stereocenters. The van der Waals surface area contributed by atoms with Crippen LogP contribution in [0.15, 0.2) is 103 Å². The van der Waals surface area contributed by atoms with Crippen LogP contribution in [0.2, 0.25) is 13.1 Å². The zero-order valence-electron chi connectivity index (χ0n) is 22.6. The maximum atomic E-state index is 10.5. The number of rotatable bonds is 1. The van der Waals surface area contributed by atoms with E-state index in [1.165, 1.54) is 28.7 Å². The first-order valence-corrected chi connectivity index (χ1v) is 15.4. The quantitative estimate of drug-likeness (QED) is 0.151. The Labute approximate surface area is 247 Å². The van der Waals surface area contributed by atoms with E-state index >= 15 is 0 Å². The molecule has 0 spiro atoms. The minimum atomic E-state index is -0.352. The van der Waals surface area contributed by atoms with Crippen LogP contribution in [0, 0.1) is 24.1 Å². The Bertz CT molecular complexity index is 987. The van der Waals surface area contributed by atoms with Crippen LogP contribution < -0.4 is 0 Å². The van der Waals surface area contributed by atoms with Gasteiger partial charge in [0.2, 0.25) is 0 Å². The summed E-state index contributed by atoms with van der Waals surface area (Å²) in [4.78, 5) is 10.5. The molecule has 38 heavy (non-hydrogen) atoms. The van der Waals surface area contributed by atoms with Gasteiger partial charge in [-0.1, -0.05) is 67.7 Å². The summed E-state index contributed by atoms with van der Waals surface area (Å²) in [5, 5.41) is 0. The fourth-order valence-electron chi connectivity index (χ4n) is 4.05. The molecule has 6 rings (SSSR count). The molecule has 0 bridgehead atoms. The van der Waals surface area contributed by atoms with Gasteiger partial charge in [-0.2, -0.15) is 103 Å². The van der Waals surface area contributed by atoms with Gasteiger partial charge in [-0.25, -0.2) is 0 Å². The normalized spacial score (nSPS) is 12.4. The van der Waals surface area contributed by atoms with Crippen molar-refractivity contribution in [3.63, 3.8) is 0 Å². The first-order valence-electron chi connectivity index (χ1n) is 13.1. The minimum Gasteiger partial charge on any atom is -0.668 e. The maximum absolute atomic E-state index is 10.5. The van der Waals surface area contributed by atoms with Gasteiger partial charge in [0.05, 0.1) is 5.91 Å². The number of fused-ring (bicyclic) bond motifs is 3. The van der Waals surface area contributed by atoms with Crippen LogP contribution in [-0.2, 0) is 32.9 Å². The van der Waals surface area contributed by atoms with Crippen molar-refractivity contribution in [1.29, 1.82) is 0 Å². The summed E-state index contributed by atoms with van der Waals surface area (Å²) >= 11 is 0. The van der Waals surface area contributed by atoms with E-state index < -0.39 is 0 Å². The van der Waals surface area contributed by atoms with Crippen LogP contribution in [0.25, 0.3) is 16.9 Å². The zero-order valence-corrected chi connectivity index (χ0v) is 25.3. The molecule has 1 amide bonds. The molecule has 0 aliphatic heterocycles. The van der Waals surface area contributed by atoms with Gasteiger partial charge < -0.3 is 10.5 Å². The minimum absolute atomic E-state index is 0.